The van der Waals surface area contributed by atoms with Crippen LogP contribution in [0.4, 0.5) is 10.1 Å². The van der Waals surface area contributed by atoms with Crippen molar-refractivity contribution in [2.75, 3.05) is 46.4 Å². The van der Waals surface area contributed by atoms with E-state index in [1.807, 2.05) is 24.3 Å². The lowest BCUT2D eigenvalue weighted by Gasteiger charge is -2.39. The van der Waals surface area contributed by atoms with Gasteiger partial charge in [0.15, 0.2) is 11.5 Å². The van der Waals surface area contributed by atoms with Gasteiger partial charge in [-0.25, -0.2) is 4.39 Å². The van der Waals surface area contributed by atoms with E-state index in [9.17, 15) is 9.18 Å². The molecule has 0 aromatic heterocycles. The fourth-order valence-corrected chi connectivity index (χ4v) is 4.91. The van der Waals surface area contributed by atoms with Crippen LogP contribution in [-0.2, 0) is 6.54 Å². The number of rotatable bonds is 9. The zero-order chi connectivity index (χ0) is 26.4. The molecule has 1 saturated heterocycles. The largest absolute Gasteiger partial charge is 0.496 e. The van der Waals surface area contributed by atoms with Crippen LogP contribution in [0.5, 0.6) is 23.0 Å². The number of anilines is 1. The first-order chi connectivity index (χ1) is 18.0. The lowest BCUT2D eigenvalue weighted by atomic mass is 9.99. The van der Waals surface area contributed by atoms with Crippen molar-refractivity contribution >= 4 is 11.6 Å². The summed E-state index contributed by atoms with van der Waals surface area (Å²) in [5.74, 6) is 1.85. The molecule has 37 heavy (non-hydrogen) atoms. The van der Waals surface area contributed by atoms with E-state index in [4.69, 9.17) is 18.9 Å². The number of likely N-dealkylation sites (tertiary alicyclic amines) is 1. The van der Waals surface area contributed by atoms with E-state index in [2.05, 4.69) is 4.90 Å². The van der Waals surface area contributed by atoms with Gasteiger partial charge in [0.05, 0.1) is 34.0 Å². The van der Waals surface area contributed by atoms with Gasteiger partial charge in [-0.15, -0.1) is 0 Å². The van der Waals surface area contributed by atoms with Gasteiger partial charge in [0.1, 0.15) is 11.6 Å². The number of benzene rings is 3. The van der Waals surface area contributed by atoms with Gasteiger partial charge < -0.3 is 23.8 Å². The van der Waals surface area contributed by atoms with Crippen molar-refractivity contribution < 1.29 is 28.1 Å². The summed E-state index contributed by atoms with van der Waals surface area (Å²) in [4.78, 5) is 17.9. The second-order valence-electron chi connectivity index (χ2n) is 8.85. The maximum absolute atomic E-state index is 13.8. The lowest BCUT2D eigenvalue weighted by Crippen LogP contribution is -2.47. The van der Waals surface area contributed by atoms with E-state index in [1.165, 1.54) is 12.1 Å². The van der Waals surface area contributed by atoms with Crippen molar-refractivity contribution in [1.82, 2.24) is 4.90 Å². The monoisotopic (exact) mass is 508 g/mol. The number of ether oxygens (including phenoxy) is 4. The minimum absolute atomic E-state index is 0.0496. The number of halogens is 1. The van der Waals surface area contributed by atoms with Crippen molar-refractivity contribution in [3.8, 4) is 23.0 Å². The summed E-state index contributed by atoms with van der Waals surface area (Å²) >= 11 is 0. The number of amides is 1. The molecule has 4 rings (SSSR count). The Morgan fingerprint density at radius 1 is 0.838 bits per heavy atom. The van der Waals surface area contributed by atoms with Crippen molar-refractivity contribution in [1.29, 1.82) is 0 Å². The third-order valence-corrected chi connectivity index (χ3v) is 6.76. The van der Waals surface area contributed by atoms with Gasteiger partial charge in [-0.05, 0) is 55.3 Å². The van der Waals surface area contributed by atoms with Gasteiger partial charge in [-0.3, -0.25) is 9.69 Å². The molecule has 1 aliphatic rings. The molecule has 1 fully saturated rings. The fraction of sp³-hybridized carbons (Fsp3) is 0.345. The van der Waals surface area contributed by atoms with Crippen LogP contribution in [0, 0.1) is 5.82 Å². The van der Waals surface area contributed by atoms with Crippen LogP contribution in [0.1, 0.15) is 28.8 Å². The van der Waals surface area contributed by atoms with E-state index in [1.54, 1.807) is 57.6 Å². The third-order valence-electron chi connectivity index (χ3n) is 6.76. The molecule has 8 heteroatoms. The first kappa shape index (κ1) is 26.3. The van der Waals surface area contributed by atoms with Crippen molar-refractivity contribution in [3.63, 3.8) is 0 Å². The fourth-order valence-electron chi connectivity index (χ4n) is 4.91. The number of hydrogen-bond donors (Lipinski definition) is 0. The average Bonchev–Trinajstić information content (AvgIpc) is 2.94. The quantitative estimate of drug-likeness (QED) is 0.397. The number of carbonyl (C=O) groups excluding carboxylic acids is 1. The highest BCUT2D eigenvalue weighted by molar-refractivity contribution is 6.08. The molecule has 3 aromatic carbocycles. The summed E-state index contributed by atoms with van der Waals surface area (Å²) in [7, 11) is 6.37. The van der Waals surface area contributed by atoms with Gasteiger partial charge in [-0.2, -0.15) is 0 Å². The maximum Gasteiger partial charge on any atom is 0.262 e. The summed E-state index contributed by atoms with van der Waals surface area (Å²) in [6, 6.07) is 17.1. The van der Waals surface area contributed by atoms with E-state index in [-0.39, 0.29) is 17.8 Å². The number of nitrogens with zero attached hydrogens (tertiary/aromatic N) is 2. The van der Waals surface area contributed by atoms with Crippen LogP contribution in [0.3, 0.4) is 0 Å². The number of para-hydroxylation sites is 1. The Hall–Kier alpha value is -3.78. The highest BCUT2D eigenvalue weighted by atomic mass is 19.1. The van der Waals surface area contributed by atoms with Crippen LogP contribution < -0.4 is 23.8 Å². The number of piperidine rings is 1. The Balaban J connectivity index is 1.55. The normalized spacial score (nSPS) is 14.2. The summed E-state index contributed by atoms with van der Waals surface area (Å²) in [6.07, 6.45) is 1.52. The van der Waals surface area contributed by atoms with Crippen LogP contribution in [-0.4, -0.2) is 58.4 Å². The molecule has 1 amide bonds. The van der Waals surface area contributed by atoms with E-state index < -0.39 is 0 Å². The Labute approximate surface area is 217 Å². The molecule has 3 aromatic rings. The third kappa shape index (κ3) is 5.64. The summed E-state index contributed by atoms with van der Waals surface area (Å²) in [5, 5.41) is 0. The van der Waals surface area contributed by atoms with Crippen LogP contribution in [0.15, 0.2) is 60.7 Å². The summed E-state index contributed by atoms with van der Waals surface area (Å²) in [6.45, 7) is 2.23. The van der Waals surface area contributed by atoms with Crippen molar-refractivity contribution in [2.45, 2.75) is 25.4 Å². The zero-order valence-corrected chi connectivity index (χ0v) is 21.7. The van der Waals surface area contributed by atoms with Gasteiger partial charge in [0, 0.05) is 36.9 Å². The number of carbonyl (C=O) groups is 1. The Bertz CT molecular complexity index is 1210. The minimum Gasteiger partial charge on any atom is -0.496 e. The highest BCUT2D eigenvalue weighted by Crippen LogP contribution is 2.40. The molecule has 1 heterocycles. The Morgan fingerprint density at radius 2 is 1.49 bits per heavy atom. The predicted octanol–water partition coefficient (Wildman–Crippen LogP) is 5.17. The number of methoxy groups -OCH3 is 4. The average molecular weight is 509 g/mol. The molecule has 0 N–H and O–H groups in total. The van der Waals surface area contributed by atoms with Gasteiger partial charge in [0.2, 0.25) is 5.75 Å². The Kier molecular flexibility index (Phi) is 8.50. The molecule has 7 nitrogen and oxygen atoms in total. The maximum atomic E-state index is 13.8. The molecule has 0 spiro atoms. The molecular formula is C29H33FN2O5. The van der Waals surface area contributed by atoms with E-state index in [0.29, 0.717) is 40.8 Å². The van der Waals surface area contributed by atoms with Crippen molar-refractivity contribution in [2.24, 2.45) is 0 Å². The molecule has 0 atom stereocenters. The minimum atomic E-state index is -0.341. The second kappa shape index (κ2) is 12.0. The Morgan fingerprint density at radius 3 is 2.11 bits per heavy atom. The topological polar surface area (TPSA) is 60.5 Å². The van der Waals surface area contributed by atoms with Gasteiger partial charge >= 0.3 is 0 Å². The van der Waals surface area contributed by atoms with Gasteiger partial charge in [-0.1, -0.05) is 18.2 Å². The smallest absolute Gasteiger partial charge is 0.262 e. The predicted molar refractivity (Wildman–Crippen MR) is 141 cm³/mol. The van der Waals surface area contributed by atoms with E-state index in [0.717, 1.165) is 31.5 Å². The zero-order valence-electron chi connectivity index (χ0n) is 21.7. The van der Waals surface area contributed by atoms with Gasteiger partial charge in [0.25, 0.3) is 5.91 Å². The summed E-state index contributed by atoms with van der Waals surface area (Å²) < 4.78 is 35.7. The first-order valence-electron chi connectivity index (χ1n) is 12.2. The highest BCUT2D eigenvalue weighted by Gasteiger charge is 2.31. The molecule has 1 aliphatic heterocycles. The second-order valence-corrected chi connectivity index (χ2v) is 8.85. The lowest BCUT2D eigenvalue weighted by molar-refractivity contribution is 0.0955. The van der Waals surface area contributed by atoms with E-state index >= 15 is 0 Å². The van der Waals surface area contributed by atoms with Crippen LogP contribution in [0.2, 0.25) is 0 Å². The SMILES string of the molecule is COc1ccccc1C(=O)N(c1ccc(F)cc1)C1CCN(Cc2ccc(OC)c(OC)c2OC)CC1. The molecule has 0 saturated carbocycles. The molecular weight excluding hydrogens is 475 g/mol. The van der Waals surface area contributed by atoms with Crippen LogP contribution in [0.25, 0.3) is 0 Å². The molecule has 0 bridgehead atoms. The molecule has 0 radical (unpaired) electrons. The molecule has 0 unspecified atom stereocenters. The van der Waals surface area contributed by atoms with Crippen molar-refractivity contribution in [3.05, 3.63) is 77.6 Å². The van der Waals surface area contributed by atoms with Crippen LogP contribution >= 0.6 is 0 Å². The number of hydrogen-bond acceptors (Lipinski definition) is 6. The molecule has 0 aliphatic carbocycles. The first-order valence-corrected chi connectivity index (χ1v) is 12.2. The standard InChI is InChI=1S/C29H33FN2O5/c1-34-25-8-6-5-7-24(25)29(33)32(22-12-10-21(30)11-13-22)23-15-17-31(18-16-23)19-20-9-14-26(35-2)28(37-4)27(20)36-3/h5-14,23H,15-19H2,1-4H3. The summed E-state index contributed by atoms with van der Waals surface area (Å²) in [5.41, 5.74) is 2.14. The molecule has 196 valence electrons.